The molecule has 1 unspecified atom stereocenters. The van der Waals surface area contributed by atoms with Gasteiger partial charge in [-0.2, -0.15) is 0 Å². The second-order valence-electron chi connectivity index (χ2n) is 8.05. The van der Waals surface area contributed by atoms with Crippen LogP contribution in [0.5, 0.6) is 0 Å². The Kier molecular flexibility index (Phi) is 7.75. The number of anilines is 1. The molecular formula is C24H31N3O3. The molecule has 3 amide bonds. The third-order valence-electron chi connectivity index (χ3n) is 4.99. The van der Waals surface area contributed by atoms with Crippen molar-refractivity contribution in [3.8, 4) is 0 Å². The molecule has 2 aromatic carbocycles. The van der Waals surface area contributed by atoms with Gasteiger partial charge in [-0.1, -0.05) is 49.7 Å². The minimum atomic E-state index is -0.743. The number of carbonyl (C=O) groups is 3. The first-order valence-electron chi connectivity index (χ1n) is 10.1. The fraction of sp³-hybridized carbons (Fsp3) is 0.375. The Hall–Kier alpha value is -3.15. The number of benzene rings is 2. The van der Waals surface area contributed by atoms with E-state index >= 15 is 0 Å². The van der Waals surface area contributed by atoms with Crippen LogP contribution in [0.2, 0.25) is 0 Å². The highest BCUT2D eigenvalue weighted by Gasteiger charge is 2.25. The predicted molar refractivity (Wildman–Crippen MR) is 120 cm³/mol. The zero-order chi connectivity index (χ0) is 22.4. The van der Waals surface area contributed by atoms with Gasteiger partial charge in [0.1, 0.15) is 6.04 Å². The molecule has 1 atom stereocenters. The van der Waals surface area contributed by atoms with E-state index in [2.05, 4.69) is 16.0 Å². The molecule has 0 aliphatic carbocycles. The molecule has 6 nitrogen and oxygen atoms in total. The first kappa shape index (κ1) is 23.1. The van der Waals surface area contributed by atoms with Crippen LogP contribution in [0.4, 0.5) is 5.69 Å². The third-order valence-corrected chi connectivity index (χ3v) is 4.99. The van der Waals surface area contributed by atoms with Crippen LogP contribution in [-0.4, -0.2) is 30.3 Å². The highest BCUT2D eigenvalue weighted by molar-refractivity contribution is 6.00. The number of nitrogens with one attached hydrogen (secondary N) is 3. The van der Waals surface area contributed by atoms with Crippen LogP contribution in [-0.2, 0) is 9.59 Å². The van der Waals surface area contributed by atoms with Crippen LogP contribution in [0.3, 0.4) is 0 Å². The molecule has 0 radical (unpaired) electrons. The van der Waals surface area contributed by atoms with Crippen molar-refractivity contribution >= 4 is 23.4 Å². The second-order valence-corrected chi connectivity index (χ2v) is 8.05. The van der Waals surface area contributed by atoms with Crippen molar-refractivity contribution in [3.05, 3.63) is 64.2 Å². The Labute approximate surface area is 178 Å². The molecule has 2 aromatic rings. The van der Waals surface area contributed by atoms with Gasteiger partial charge in [-0.3, -0.25) is 14.4 Å². The Morgan fingerprint density at radius 3 is 2.07 bits per heavy atom. The average Bonchev–Trinajstić information content (AvgIpc) is 2.66. The summed E-state index contributed by atoms with van der Waals surface area (Å²) in [6, 6.07) is 10.5. The Balaban J connectivity index is 1.99. The van der Waals surface area contributed by atoms with E-state index in [4.69, 9.17) is 0 Å². The van der Waals surface area contributed by atoms with E-state index in [-0.39, 0.29) is 30.2 Å². The predicted octanol–water partition coefficient (Wildman–Crippen LogP) is 3.43. The summed E-state index contributed by atoms with van der Waals surface area (Å²) in [6.45, 7) is 11.2. The summed E-state index contributed by atoms with van der Waals surface area (Å²) in [7, 11) is 0. The van der Waals surface area contributed by atoms with E-state index in [1.807, 2.05) is 65.8 Å². The molecular weight excluding hydrogens is 378 g/mol. The second kappa shape index (κ2) is 10.1. The Bertz CT molecular complexity index is 927. The topological polar surface area (TPSA) is 87.3 Å². The number of hydrogen-bond acceptors (Lipinski definition) is 3. The van der Waals surface area contributed by atoms with Crippen molar-refractivity contribution in [1.82, 2.24) is 10.6 Å². The van der Waals surface area contributed by atoms with Crippen molar-refractivity contribution < 1.29 is 14.4 Å². The summed E-state index contributed by atoms with van der Waals surface area (Å²) in [5.41, 5.74) is 5.18. The summed E-state index contributed by atoms with van der Waals surface area (Å²) in [5.74, 6) is -1.15. The van der Waals surface area contributed by atoms with Gasteiger partial charge in [-0.15, -0.1) is 0 Å². The van der Waals surface area contributed by atoms with Crippen LogP contribution in [0.1, 0.15) is 46.5 Å². The summed E-state index contributed by atoms with van der Waals surface area (Å²) in [6.07, 6.45) is 0. The number of hydrogen-bond donors (Lipinski definition) is 3. The van der Waals surface area contributed by atoms with Gasteiger partial charge >= 0.3 is 0 Å². The molecule has 0 aliphatic heterocycles. The monoisotopic (exact) mass is 409 g/mol. The lowest BCUT2D eigenvalue weighted by Crippen LogP contribution is -2.51. The number of rotatable bonds is 7. The molecule has 0 aromatic heterocycles. The van der Waals surface area contributed by atoms with Crippen molar-refractivity contribution in [2.75, 3.05) is 11.9 Å². The highest BCUT2D eigenvalue weighted by atomic mass is 16.2. The van der Waals surface area contributed by atoms with Crippen LogP contribution in [0, 0.1) is 33.6 Å². The fourth-order valence-electron chi connectivity index (χ4n) is 3.42. The molecule has 0 bridgehead atoms. The lowest BCUT2D eigenvalue weighted by molar-refractivity contribution is -0.126. The molecule has 6 heteroatoms. The van der Waals surface area contributed by atoms with E-state index in [1.54, 1.807) is 12.1 Å². The van der Waals surface area contributed by atoms with Crippen molar-refractivity contribution in [2.45, 2.75) is 47.6 Å². The Morgan fingerprint density at radius 2 is 1.50 bits per heavy atom. The van der Waals surface area contributed by atoms with Crippen molar-refractivity contribution in [3.63, 3.8) is 0 Å². The van der Waals surface area contributed by atoms with Gasteiger partial charge in [0.05, 0.1) is 6.54 Å². The summed E-state index contributed by atoms with van der Waals surface area (Å²) < 4.78 is 0. The first-order valence-corrected chi connectivity index (χ1v) is 10.1. The van der Waals surface area contributed by atoms with Crippen LogP contribution >= 0.6 is 0 Å². The van der Waals surface area contributed by atoms with Gasteiger partial charge in [0.25, 0.3) is 5.91 Å². The van der Waals surface area contributed by atoms with Gasteiger partial charge in [0.2, 0.25) is 11.8 Å². The van der Waals surface area contributed by atoms with E-state index in [1.165, 1.54) is 0 Å². The molecule has 160 valence electrons. The maximum Gasteiger partial charge on any atom is 0.252 e. The molecule has 0 heterocycles. The lowest BCUT2D eigenvalue weighted by atomic mass is 10.0. The zero-order valence-corrected chi connectivity index (χ0v) is 18.6. The Morgan fingerprint density at radius 1 is 0.900 bits per heavy atom. The van der Waals surface area contributed by atoms with Gasteiger partial charge in [-0.25, -0.2) is 0 Å². The van der Waals surface area contributed by atoms with Gasteiger partial charge in [0.15, 0.2) is 0 Å². The van der Waals surface area contributed by atoms with Crippen LogP contribution < -0.4 is 16.0 Å². The number of aryl methyl sites for hydroxylation is 4. The molecule has 0 saturated carbocycles. The summed E-state index contributed by atoms with van der Waals surface area (Å²) in [4.78, 5) is 37.6. The normalized spacial score (nSPS) is 11.7. The van der Waals surface area contributed by atoms with Crippen LogP contribution in [0.25, 0.3) is 0 Å². The molecule has 0 spiro atoms. The average molecular weight is 410 g/mol. The number of amides is 3. The minimum Gasteiger partial charge on any atom is -0.345 e. The van der Waals surface area contributed by atoms with Crippen molar-refractivity contribution in [2.24, 2.45) is 5.92 Å². The number of carbonyl (C=O) groups excluding carboxylic acids is 3. The van der Waals surface area contributed by atoms with Gasteiger partial charge < -0.3 is 16.0 Å². The molecule has 2 rings (SSSR count). The fourth-order valence-corrected chi connectivity index (χ4v) is 3.42. The third kappa shape index (κ3) is 5.92. The van der Waals surface area contributed by atoms with Crippen molar-refractivity contribution in [1.29, 1.82) is 0 Å². The molecule has 0 fully saturated rings. The zero-order valence-electron chi connectivity index (χ0n) is 18.6. The summed E-state index contributed by atoms with van der Waals surface area (Å²) in [5, 5.41) is 8.29. The molecule has 30 heavy (non-hydrogen) atoms. The SMILES string of the molecule is Cc1cc(C)c(NC(=O)CNC(=O)C(NC(=O)c2ccccc2C)C(C)C)c(C)c1. The molecule has 0 saturated heterocycles. The highest BCUT2D eigenvalue weighted by Crippen LogP contribution is 2.21. The standard InChI is InChI=1S/C24H31N3O3/c1-14(2)21(27-23(29)19-10-8-7-9-16(19)4)24(30)25-13-20(28)26-22-17(5)11-15(3)12-18(22)6/h7-12,14,21H,13H2,1-6H3,(H,25,30)(H,26,28)(H,27,29). The molecule has 3 N–H and O–H groups in total. The minimum absolute atomic E-state index is 0.136. The van der Waals surface area contributed by atoms with E-state index in [0.717, 1.165) is 27.9 Å². The first-order chi connectivity index (χ1) is 14.1. The molecule has 0 aliphatic rings. The smallest absolute Gasteiger partial charge is 0.252 e. The van der Waals surface area contributed by atoms with E-state index in [9.17, 15) is 14.4 Å². The summed E-state index contributed by atoms with van der Waals surface area (Å²) >= 11 is 0. The van der Waals surface area contributed by atoms with E-state index in [0.29, 0.717) is 5.56 Å². The van der Waals surface area contributed by atoms with Gasteiger partial charge in [0, 0.05) is 11.3 Å². The maximum absolute atomic E-state index is 12.7. The van der Waals surface area contributed by atoms with E-state index < -0.39 is 6.04 Å². The van der Waals surface area contributed by atoms with Crippen LogP contribution in [0.15, 0.2) is 36.4 Å². The quantitative estimate of drug-likeness (QED) is 0.655. The largest absolute Gasteiger partial charge is 0.345 e. The van der Waals surface area contributed by atoms with Gasteiger partial charge in [-0.05, 0) is 56.4 Å². The maximum atomic E-state index is 12.7. The lowest BCUT2D eigenvalue weighted by Gasteiger charge is -2.22.